The van der Waals surface area contributed by atoms with E-state index in [1.807, 2.05) is 0 Å². The molecule has 0 atom stereocenters. The van der Waals surface area contributed by atoms with E-state index in [1.54, 1.807) is 0 Å². The molecule has 0 unspecified atom stereocenters. The van der Waals surface area contributed by atoms with Crippen molar-refractivity contribution in [3.05, 3.63) is 132 Å². The van der Waals surface area contributed by atoms with Crippen molar-refractivity contribution in [1.82, 2.24) is 0 Å². The molecule has 162 valence electrons. The summed E-state index contributed by atoms with van der Waals surface area (Å²) in [5, 5.41) is 13.4. The van der Waals surface area contributed by atoms with E-state index in [-0.39, 0.29) is 0 Å². The second-order valence-corrected chi connectivity index (χ2v) is 9.05. The summed E-state index contributed by atoms with van der Waals surface area (Å²) >= 11 is 0. The van der Waals surface area contributed by atoms with Gasteiger partial charge in [-0.15, -0.1) is 0 Å². The number of benzene rings is 7. The van der Waals surface area contributed by atoms with Crippen LogP contribution in [0.15, 0.2) is 121 Å². The number of aryl methyl sites for hydroxylation is 2. The van der Waals surface area contributed by atoms with E-state index in [2.05, 4.69) is 135 Å². The highest BCUT2D eigenvalue weighted by atomic mass is 14.1. The van der Waals surface area contributed by atoms with Gasteiger partial charge < -0.3 is 0 Å². The molecule has 7 aromatic carbocycles. The van der Waals surface area contributed by atoms with Crippen molar-refractivity contribution in [3.8, 4) is 0 Å². The molecule has 0 N–H and O–H groups in total. The van der Waals surface area contributed by atoms with Gasteiger partial charge in [-0.05, 0) is 91.0 Å². The minimum atomic E-state index is 1.31. The molecule has 0 radical (unpaired) electrons. The van der Waals surface area contributed by atoms with Gasteiger partial charge >= 0.3 is 0 Å². The van der Waals surface area contributed by atoms with Crippen molar-refractivity contribution in [2.24, 2.45) is 0 Å². The van der Waals surface area contributed by atoms with E-state index in [9.17, 15) is 0 Å². The zero-order chi connectivity index (χ0) is 23.1. The fourth-order valence-electron chi connectivity index (χ4n) is 5.26. The molecule has 0 spiro atoms. The average Bonchev–Trinajstić information content (AvgIpc) is 2.91. The first kappa shape index (κ1) is 20.4. The van der Waals surface area contributed by atoms with Gasteiger partial charge in [0.1, 0.15) is 0 Å². The van der Waals surface area contributed by atoms with Gasteiger partial charge in [-0.2, -0.15) is 0 Å². The Morgan fingerprint density at radius 2 is 0.676 bits per heavy atom. The number of fused-ring (bicyclic) bond motifs is 6. The summed E-state index contributed by atoms with van der Waals surface area (Å²) in [6.45, 7) is 4.42. The predicted octanol–water partition coefficient (Wildman–Crippen LogP) is 9.76. The molecule has 0 saturated carbocycles. The standard InChI is InChI=1S/C18H12.C16H14/c1-2-7-15-12-18-16(11-14(15)6-1)10-9-13-5-3-4-8-17(13)18;1-11-13-7-3-5-9-15(13)12(2)16-10-6-4-8-14(11)16/h1-12H;3-10H,1-2H3. The lowest BCUT2D eigenvalue weighted by atomic mass is 9.93. The average molecular weight is 435 g/mol. The molecule has 0 heteroatoms. The molecule has 0 saturated heterocycles. The molecule has 0 amide bonds. The van der Waals surface area contributed by atoms with Crippen LogP contribution in [0.25, 0.3) is 53.9 Å². The monoisotopic (exact) mass is 434 g/mol. The van der Waals surface area contributed by atoms with Crippen LogP contribution in [0.2, 0.25) is 0 Å². The van der Waals surface area contributed by atoms with Crippen molar-refractivity contribution < 1.29 is 0 Å². The first-order valence-electron chi connectivity index (χ1n) is 11.9. The quantitative estimate of drug-likeness (QED) is 0.165. The van der Waals surface area contributed by atoms with Gasteiger partial charge in [-0.1, -0.05) is 109 Å². The fourth-order valence-corrected chi connectivity index (χ4v) is 5.26. The summed E-state index contributed by atoms with van der Waals surface area (Å²) in [7, 11) is 0. The van der Waals surface area contributed by atoms with E-state index in [0.29, 0.717) is 0 Å². The Balaban J connectivity index is 0.000000129. The van der Waals surface area contributed by atoms with Crippen molar-refractivity contribution >= 4 is 53.9 Å². The van der Waals surface area contributed by atoms with Crippen molar-refractivity contribution in [3.63, 3.8) is 0 Å². The van der Waals surface area contributed by atoms with E-state index in [1.165, 1.54) is 65.0 Å². The lowest BCUT2D eigenvalue weighted by Gasteiger charge is -2.11. The van der Waals surface area contributed by atoms with Gasteiger partial charge in [-0.25, -0.2) is 0 Å². The molecule has 0 bridgehead atoms. The fraction of sp³-hybridized carbons (Fsp3) is 0.0588. The molecule has 0 aliphatic carbocycles. The molecule has 34 heavy (non-hydrogen) atoms. The van der Waals surface area contributed by atoms with Crippen molar-refractivity contribution in [2.75, 3.05) is 0 Å². The zero-order valence-electron chi connectivity index (χ0n) is 19.5. The van der Waals surface area contributed by atoms with E-state index in [0.717, 1.165) is 0 Å². The second-order valence-electron chi connectivity index (χ2n) is 9.05. The van der Waals surface area contributed by atoms with Crippen LogP contribution in [-0.2, 0) is 0 Å². The predicted molar refractivity (Wildman–Crippen MR) is 150 cm³/mol. The number of rotatable bonds is 0. The highest BCUT2D eigenvalue weighted by Gasteiger charge is 2.06. The van der Waals surface area contributed by atoms with Gasteiger partial charge in [0.2, 0.25) is 0 Å². The first-order valence-corrected chi connectivity index (χ1v) is 11.9. The first-order chi connectivity index (χ1) is 16.7. The number of hydrogen-bond donors (Lipinski definition) is 0. The molecule has 0 nitrogen and oxygen atoms in total. The van der Waals surface area contributed by atoms with Crippen LogP contribution < -0.4 is 0 Å². The van der Waals surface area contributed by atoms with E-state index in [4.69, 9.17) is 0 Å². The molecular weight excluding hydrogens is 408 g/mol. The Morgan fingerprint density at radius 3 is 1.21 bits per heavy atom. The van der Waals surface area contributed by atoms with Crippen LogP contribution in [0.3, 0.4) is 0 Å². The minimum absolute atomic E-state index is 1.31. The summed E-state index contributed by atoms with van der Waals surface area (Å²) in [4.78, 5) is 0. The Hall–Kier alpha value is -4.16. The van der Waals surface area contributed by atoms with Crippen LogP contribution in [0, 0.1) is 13.8 Å². The topological polar surface area (TPSA) is 0 Å². The third-order valence-corrected chi connectivity index (χ3v) is 7.08. The maximum absolute atomic E-state index is 2.30. The lowest BCUT2D eigenvalue weighted by molar-refractivity contribution is 1.52. The zero-order valence-corrected chi connectivity index (χ0v) is 19.5. The summed E-state index contributed by atoms with van der Waals surface area (Å²) in [6.07, 6.45) is 0. The molecule has 0 aliphatic rings. The van der Waals surface area contributed by atoms with Gasteiger partial charge in [0.15, 0.2) is 0 Å². The van der Waals surface area contributed by atoms with Crippen molar-refractivity contribution in [1.29, 1.82) is 0 Å². The Kier molecular flexibility index (Phi) is 5.00. The van der Waals surface area contributed by atoms with E-state index < -0.39 is 0 Å². The normalized spacial score (nSPS) is 11.2. The maximum Gasteiger partial charge on any atom is -0.00990 e. The summed E-state index contributed by atoms with van der Waals surface area (Å²) < 4.78 is 0. The van der Waals surface area contributed by atoms with Crippen LogP contribution in [-0.4, -0.2) is 0 Å². The maximum atomic E-state index is 2.30. The second kappa shape index (κ2) is 8.32. The molecule has 0 aliphatic heterocycles. The van der Waals surface area contributed by atoms with Crippen LogP contribution in [0.1, 0.15) is 11.1 Å². The molecule has 7 aromatic rings. The van der Waals surface area contributed by atoms with Crippen LogP contribution >= 0.6 is 0 Å². The SMILES string of the molecule is Cc1c2ccccc2c(C)c2ccccc12.c1ccc2cc3c(ccc4ccccc43)cc2c1. The highest BCUT2D eigenvalue weighted by molar-refractivity contribution is 6.12. The van der Waals surface area contributed by atoms with Gasteiger partial charge in [0.05, 0.1) is 0 Å². The smallest absolute Gasteiger partial charge is 0.00990 e. The lowest BCUT2D eigenvalue weighted by Crippen LogP contribution is -1.87. The van der Waals surface area contributed by atoms with Crippen molar-refractivity contribution in [2.45, 2.75) is 13.8 Å². The molecule has 0 heterocycles. The Bertz CT molecular complexity index is 1700. The summed E-state index contributed by atoms with van der Waals surface area (Å²) in [6, 6.07) is 43.4. The summed E-state index contributed by atoms with van der Waals surface area (Å²) in [5.41, 5.74) is 2.77. The minimum Gasteiger partial charge on any atom is -0.0616 e. The molecule has 7 rings (SSSR count). The molecular formula is C34H26. The van der Waals surface area contributed by atoms with Gasteiger partial charge in [-0.3, -0.25) is 0 Å². The Labute approximate surface area is 200 Å². The third kappa shape index (κ3) is 3.40. The van der Waals surface area contributed by atoms with Crippen LogP contribution in [0.5, 0.6) is 0 Å². The van der Waals surface area contributed by atoms with Gasteiger partial charge in [0.25, 0.3) is 0 Å². The summed E-state index contributed by atoms with van der Waals surface area (Å²) in [5.74, 6) is 0. The van der Waals surface area contributed by atoms with E-state index >= 15 is 0 Å². The van der Waals surface area contributed by atoms with Gasteiger partial charge in [0, 0.05) is 0 Å². The molecule has 0 fully saturated rings. The number of hydrogen-bond acceptors (Lipinski definition) is 0. The van der Waals surface area contributed by atoms with Crippen LogP contribution in [0.4, 0.5) is 0 Å². The highest BCUT2D eigenvalue weighted by Crippen LogP contribution is 2.32. The molecule has 0 aromatic heterocycles. The Morgan fingerprint density at radius 1 is 0.294 bits per heavy atom. The largest absolute Gasteiger partial charge is 0.0616 e. The third-order valence-electron chi connectivity index (χ3n) is 7.08.